The third-order valence-corrected chi connectivity index (χ3v) is 4.61. The maximum Gasteiger partial charge on any atom is 0.341 e. The van der Waals surface area contributed by atoms with E-state index in [9.17, 15) is 14.9 Å². The number of carbonyl (C=O) groups is 2. The molecule has 0 heterocycles. The zero-order valence-corrected chi connectivity index (χ0v) is 16.6. The van der Waals surface area contributed by atoms with Crippen molar-refractivity contribution in [1.29, 1.82) is 5.26 Å². The number of aliphatic carboxylic acids is 1. The Morgan fingerprint density at radius 1 is 1.10 bits per heavy atom. The second-order valence-corrected chi connectivity index (χ2v) is 6.91. The van der Waals surface area contributed by atoms with Gasteiger partial charge in [-0.3, -0.25) is 4.79 Å². The molecule has 0 aromatic heterocycles. The van der Waals surface area contributed by atoms with Gasteiger partial charge in [0, 0.05) is 5.69 Å². The highest BCUT2D eigenvalue weighted by atomic mass is 79.9. The van der Waals surface area contributed by atoms with Gasteiger partial charge in [0.15, 0.2) is 6.61 Å². The van der Waals surface area contributed by atoms with Crippen LogP contribution in [0.3, 0.4) is 0 Å². The molecule has 0 radical (unpaired) electrons. The van der Waals surface area contributed by atoms with Crippen LogP contribution in [0.25, 0.3) is 16.8 Å². The largest absolute Gasteiger partial charge is 0.481 e. The van der Waals surface area contributed by atoms with Gasteiger partial charge in [0.25, 0.3) is 5.91 Å². The Morgan fingerprint density at radius 2 is 1.86 bits per heavy atom. The number of rotatable bonds is 6. The number of hydrogen-bond donors (Lipinski definition) is 2. The molecule has 1 amide bonds. The smallest absolute Gasteiger partial charge is 0.341 e. The van der Waals surface area contributed by atoms with Crippen molar-refractivity contribution < 1.29 is 19.4 Å². The van der Waals surface area contributed by atoms with Crippen molar-refractivity contribution in [3.05, 3.63) is 76.3 Å². The fourth-order valence-corrected chi connectivity index (χ4v) is 3.16. The van der Waals surface area contributed by atoms with E-state index in [-0.39, 0.29) is 5.57 Å². The van der Waals surface area contributed by atoms with Gasteiger partial charge in [0.2, 0.25) is 0 Å². The number of carboxylic acid groups (broad SMARTS) is 1. The Labute approximate surface area is 175 Å². The number of nitriles is 1. The Bertz CT molecular complexity index is 1160. The topological polar surface area (TPSA) is 99.4 Å². The van der Waals surface area contributed by atoms with E-state index in [1.54, 1.807) is 24.3 Å². The SMILES string of the molecule is N#C/C(=C\c1ccc(OCC(=O)O)c(Br)c1)C(=O)Nc1ccc2ccccc2c1. The fraction of sp³-hybridized carbons (Fsp3) is 0.0455. The third-order valence-electron chi connectivity index (χ3n) is 3.99. The Morgan fingerprint density at radius 3 is 2.55 bits per heavy atom. The van der Waals surface area contributed by atoms with Crippen LogP contribution in [-0.4, -0.2) is 23.6 Å². The summed E-state index contributed by atoms with van der Waals surface area (Å²) >= 11 is 3.29. The van der Waals surface area contributed by atoms with E-state index in [4.69, 9.17) is 9.84 Å². The minimum atomic E-state index is -1.09. The first-order chi connectivity index (χ1) is 14.0. The molecule has 6 nitrogen and oxygen atoms in total. The van der Waals surface area contributed by atoms with Crippen LogP contribution in [0.15, 0.2) is 70.7 Å². The lowest BCUT2D eigenvalue weighted by atomic mass is 10.1. The van der Waals surface area contributed by atoms with Gasteiger partial charge in [-0.2, -0.15) is 5.26 Å². The van der Waals surface area contributed by atoms with E-state index < -0.39 is 18.5 Å². The minimum Gasteiger partial charge on any atom is -0.481 e. The number of fused-ring (bicyclic) bond motifs is 1. The second-order valence-electron chi connectivity index (χ2n) is 6.06. The first-order valence-corrected chi connectivity index (χ1v) is 9.31. The summed E-state index contributed by atoms with van der Waals surface area (Å²) in [7, 11) is 0. The number of nitrogens with zero attached hydrogens (tertiary/aromatic N) is 1. The van der Waals surface area contributed by atoms with E-state index in [0.717, 1.165) is 10.8 Å². The number of anilines is 1. The van der Waals surface area contributed by atoms with Crippen molar-refractivity contribution in [2.24, 2.45) is 0 Å². The van der Waals surface area contributed by atoms with Crippen molar-refractivity contribution in [2.45, 2.75) is 0 Å². The first kappa shape index (κ1) is 20.1. The van der Waals surface area contributed by atoms with E-state index in [0.29, 0.717) is 21.5 Å². The highest BCUT2D eigenvalue weighted by molar-refractivity contribution is 9.10. The van der Waals surface area contributed by atoms with Crippen LogP contribution in [0.1, 0.15) is 5.56 Å². The van der Waals surface area contributed by atoms with Crippen molar-refractivity contribution in [1.82, 2.24) is 0 Å². The van der Waals surface area contributed by atoms with Crippen LogP contribution in [0.4, 0.5) is 5.69 Å². The quantitative estimate of drug-likeness (QED) is 0.421. The molecule has 0 aliphatic heterocycles. The summed E-state index contributed by atoms with van der Waals surface area (Å²) in [6.07, 6.45) is 1.45. The molecule has 29 heavy (non-hydrogen) atoms. The summed E-state index contributed by atoms with van der Waals surface area (Å²) in [6.45, 7) is -0.467. The molecular weight excluding hydrogens is 436 g/mol. The Kier molecular flexibility index (Phi) is 6.27. The van der Waals surface area contributed by atoms with Gasteiger partial charge in [-0.25, -0.2) is 4.79 Å². The number of carbonyl (C=O) groups excluding carboxylic acids is 1. The number of hydrogen-bond acceptors (Lipinski definition) is 4. The van der Waals surface area contributed by atoms with Crippen molar-refractivity contribution in [3.8, 4) is 11.8 Å². The number of ether oxygens (including phenoxy) is 1. The fourth-order valence-electron chi connectivity index (χ4n) is 2.64. The summed E-state index contributed by atoms with van der Waals surface area (Å²) in [6, 6.07) is 20.0. The molecule has 3 rings (SSSR count). The molecule has 0 bridgehead atoms. The lowest BCUT2D eigenvalue weighted by Crippen LogP contribution is -2.13. The lowest BCUT2D eigenvalue weighted by Gasteiger charge is -2.08. The molecule has 0 spiro atoms. The van der Waals surface area contributed by atoms with Crippen LogP contribution >= 0.6 is 15.9 Å². The van der Waals surface area contributed by atoms with E-state index in [1.807, 2.05) is 42.5 Å². The van der Waals surface area contributed by atoms with E-state index in [1.165, 1.54) is 6.08 Å². The molecule has 0 aliphatic carbocycles. The summed E-state index contributed by atoms with van der Waals surface area (Å²) in [5.74, 6) is -1.26. The summed E-state index contributed by atoms with van der Waals surface area (Å²) < 4.78 is 5.65. The van der Waals surface area contributed by atoms with Crippen molar-refractivity contribution in [2.75, 3.05) is 11.9 Å². The van der Waals surface area contributed by atoms with Gasteiger partial charge >= 0.3 is 5.97 Å². The summed E-state index contributed by atoms with van der Waals surface area (Å²) in [4.78, 5) is 23.1. The number of amides is 1. The average molecular weight is 451 g/mol. The minimum absolute atomic E-state index is 0.0655. The zero-order valence-electron chi connectivity index (χ0n) is 15.1. The van der Waals surface area contributed by atoms with Gasteiger partial charge in [0.05, 0.1) is 4.47 Å². The molecular formula is C22H15BrN2O4. The Balaban J connectivity index is 1.77. The number of benzene rings is 3. The molecule has 2 N–H and O–H groups in total. The molecule has 3 aromatic carbocycles. The molecule has 0 saturated carbocycles. The van der Waals surface area contributed by atoms with Crippen molar-refractivity contribution in [3.63, 3.8) is 0 Å². The first-order valence-electron chi connectivity index (χ1n) is 8.52. The molecule has 144 valence electrons. The molecule has 0 atom stereocenters. The molecule has 3 aromatic rings. The number of nitrogens with one attached hydrogen (secondary N) is 1. The highest BCUT2D eigenvalue weighted by Crippen LogP contribution is 2.27. The maximum atomic E-state index is 12.5. The van der Waals surface area contributed by atoms with Crippen LogP contribution in [0.5, 0.6) is 5.75 Å². The van der Waals surface area contributed by atoms with Gasteiger partial charge in [0.1, 0.15) is 17.4 Å². The van der Waals surface area contributed by atoms with E-state index >= 15 is 0 Å². The second kappa shape index (κ2) is 9.04. The molecule has 7 heteroatoms. The van der Waals surface area contributed by atoms with Crippen LogP contribution < -0.4 is 10.1 Å². The summed E-state index contributed by atoms with van der Waals surface area (Å²) in [5.41, 5.74) is 1.11. The van der Waals surface area contributed by atoms with Crippen LogP contribution in [0, 0.1) is 11.3 Å². The average Bonchev–Trinajstić information content (AvgIpc) is 2.71. The number of halogens is 1. The third kappa shape index (κ3) is 5.21. The van der Waals surface area contributed by atoms with E-state index in [2.05, 4.69) is 21.2 Å². The monoisotopic (exact) mass is 450 g/mol. The molecule has 0 aliphatic rings. The number of carboxylic acids is 1. The van der Waals surface area contributed by atoms with Crippen LogP contribution in [0.2, 0.25) is 0 Å². The highest BCUT2D eigenvalue weighted by Gasteiger charge is 2.11. The molecule has 0 unspecified atom stereocenters. The van der Waals surface area contributed by atoms with Gasteiger partial charge in [-0.1, -0.05) is 36.4 Å². The lowest BCUT2D eigenvalue weighted by molar-refractivity contribution is -0.139. The van der Waals surface area contributed by atoms with Crippen LogP contribution in [-0.2, 0) is 9.59 Å². The predicted molar refractivity (Wildman–Crippen MR) is 113 cm³/mol. The van der Waals surface area contributed by atoms with Gasteiger partial charge < -0.3 is 15.2 Å². The van der Waals surface area contributed by atoms with Gasteiger partial charge in [-0.05, 0) is 62.6 Å². The normalized spacial score (nSPS) is 11.0. The predicted octanol–water partition coefficient (Wildman–Crippen LogP) is 4.61. The Hall–Kier alpha value is -3.63. The van der Waals surface area contributed by atoms with Gasteiger partial charge in [-0.15, -0.1) is 0 Å². The zero-order chi connectivity index (χ0) is 20.8. The summed E-state index contributed by atoms with van der Waals surface area (Å²) in [5, 5.41) is 22.8. The molecule has 0 fully saturated rings. The molecule has 0 saturated heterocycles. The standard InChI is InChI=1S/C22H15BrN2O4/c23-19-10-14(5-8-20(19)29-13-21(26)27)9-17(12-24)22(28)25-18-7-6-15-3-1-2-4-16(15)11-18/h1-11H,13H2,(H,25,28)(H,26,27)/b17-9+. The maximum absolute atomic E-state index is 12.5. The van der Waals surface area contributed by atoms with Crippen molar-refractivity contribution >= 4 is 50.3 Å².